The van der Waals surface area contributed by atoms with Crippen LogP contribution in [0.3, 0.4) is 0 Å². The summed E-state index contributed by atoms with van der Waals surface area (Å²) in [5.41, 5.74) is 2.53. The van der Waals surface area contributed by atoms with Gasteiger partial charge >= 0.3 is 0 Å². The number of nitrogen functional groups attached to an aromatic ring is 1. The zero-order chi connectivity index (χ0) is 15.3. The molecule has 1 amide bonds. The van der Waals surface area contributed by atoms with Crippen molar-refractivity contribution in [3.05, 3.63) is 33.9 Å². The fourth-order valence-corrected chi connectivity index (χ4v) is 1.86. The number of carbonyl (C=O) groups is 1. The lowest BCUT2D eigenvalue weighted by Gasteiger charge is -2.18. The second-order valence-corrected chi connectivity index (χ2v) is 4.77. The van der Waals surface area contributed by atoms with E-state index in [2.05, 4.69) is 10.7 Å². The number of nitrogens with zero attached hydrogens (tertiary/aromatic N) is 2. The Bertz CT molecular complexity index is 504. The average Bonchev–Trinajstić information content (AvgIpc) is 2.36. The molecule has 0 heterocycles. The molecule has 0 bridgehead atoms. The molecule has 8 nitrogen and oxygen atoms in total. The van der Waals surface area contributed by atoms with Crippen LogP contribution in [0, 0.1) is 10.1 Å². The van der Waals surface area contributed by atoms with Crippen LogP contribution in [0.4, 0.5) is 11.4 Å². The van der Waals surface area contributed by atoms with E-state index in [1.807, 2.05) is 25.9 Å². The predicted octanol–water partition coefficient (Wildman–Crippen LogP) is 0.560. The molecular weight excluding hydrogens is 262 g/mol. The standard InChI is InChI=1S/C12H19N5O3/c1-8(7-16(2)3)14-12(18)10-6-9(15-13)4-5-11(10)17(19)20/h4-6,8,15H,7,13H2,1-3H3,(H,14,18). The van der Waals surface area contributed by atoms with Gasteiger partial charge < -0.3 is 15.6 Å². The number of amides is 1. The Morgan fingerprint density at radius 1 is 1.50 bits per heavy atom. The topological polar surface area (TPSA) is 114 Å². The first-order valence-corrected chi connectivity index (χ1v) is 6.05. The van der Waals surface area contributed by atoms with Gasteiger partial charge in [0.05, 0.1) is 4.92 Å². The largest absolute Gasteiger partial charge is 0.348 e. The summed E-state index contributed by atoms with van der Waals surface area (Å²) in [6.45, 7) is 2.46. The van der Waals surface area contributed by atoms with Crippen molar-refractivity contribution in [2.45, 2.75) is 13.0 Å². The lowest BCUT2D eigenvalue weighted by molar-refractivity contribution is -0.385. The zero-order valence-electron chi connectivity index (χ0n) is 11.7. The number of hydrazine groups is 1. The molecule has 0 spiro atoms. The number of likely N-dealkylation sites (N-methyl/N-ethyl adjacent to an activating group) is 1. The van der Waals surface area contributed by atoms with Crippen molar-refractivity contribution in [2.24, 2.45) is 5.84 Å². The van der Waals surface area contributed by atoms with Crippen LogP contribution in [0.15, 0.2) is 18.2 Å². The van der Waals surface area contributed by atoms with E-state index in [4.69, 9.17) is 5.84 Å². The zero-order valence-corrected chi connectivity index (χ0v) is 11.7. The van der Waals surface area contributed by atoms with Gasteiger partial charge in [-0.3, -0.25) is 20.8 Å². The van der Waals surface area contributed by atoms with Gasteiger partial charge in [0.25, 0.3) is 11.6 Å². The van der Waals surface area contributed by atoms with Crippen molar-refractivity contribution >= 4 is 17.3 Å². The maximum absolute atomic E-state index is 12.1. The molecule has 20 heavy (non-hydrogen) atoms. The van der Waals surface area contributed by atoms with Crippen molar-refractivity contribution < 1.29 is 9.72 Å². The Balaban J connectivity index is 2.98. The lowest BCUT2D eigenvalue weighted by Crippen LogP contribution is -2.39. The molecule has 0 saturated heterocycles. The van der Waals surface area contributed by atoms with Gasteiger partial charge in [-0.1, -0.05) is 0 Å². The minimum Gasteiger partial charge on any atom is -0.348 e. The lowest BCUT2D eigenvalue weighted by atomic mass is 10.1. The van der Waals surface area contributed by atoms with Crippen molar-refractivity contribution in [3.63, 3.8) is 0 Å². The van der Waals surface area contributed by atoms with Crippen LogP contribution in [0.5, 0.6) is 0 Å². The summed E-state index contributed by atoms with van der Waals surface area (Å²) in [7, 11) is 3.76. The minimum absolute atomic E-state index is 0.0175. The normalized spacial score (nSPS) is 12.1. The molecule has 0 aliphatic carbocycles. The molecule has 110 valence electrons. The van der Waals surface area contributed by atoms with Gasteiger partial charge in [0.2, 0.25) is 0 Å². The van der Waals surface area contributed by atoms with E-state index in [0.717, 1.165) is 0 Å². The number of nitrogens with one attached hydrogen (secondary N) is 2. The van der Waals surface area contributed by atoms with E-state index in [-0.39, 0.29) is 17.3 Å². The molecule has 0 aliphatic rings. The van der Waals surface area contributed by atoms with Crippen molar-refractivity contribution in [1.82, 2.24) is 10.2 Å². The van der Waals surface area contributed by atoms with Crippen LogP contribution in [0.2, 0.25) is 0 Å². The number of rotatable bonds is 6. The molecule has 1 aromatic carbocycles. The van der Waals surface area contributed by atoms with Gasteiger partial charge in [-0.2, -0.15) is 0 Å². The molecule has 0 saturated carbocycles. The summed E-state index contributed by atoms with van der Waals surface area (Å²) in [5.74, 6) is 4.76. The van der Waals surface area contributed by atoms with E-state index in [0.29, 0.717) is 12.2 Å². The number of carbonyl (C=O) groups excluding carboxylic acids is 1. The maximum atomic E-state index is 12.1. The van der Waals surface area contributed by atoms with Gasteiger partial charge in [0.1, 0.15) is 5.56 Å². The number of nitro benzene ring substituents is 1. The fraction of sp³-hybridized carbons (Fsp3) is 0.417. The van der Waals surface area contributed by atoms with Crippen LogP contribution in [-0.2, 0) is 0 Å². The van der Waals surface area contributed by atoms with Crippen molar-refractivity contribution in [3.8, 4) is 0 Å². The van der Waals surface area contributed by atoms with Crippen LogP contribution >= 0.6 is 0 Å². The van der Waals surface area contributed by atoms with Crippen molar-refractivity contribution in [2.75, 3.05) is 26.1 Å². The van der Waals surface area contributed by atoms with Gasteiger partial charge in [-0.05, 0) is 33.2 Å². The van der Waals surface area contributed by atoms with E-state index in [1.165, 1.54) is 18.2 Å². The van der Waals surface area contributed by atoms with Crippen LogP contribution in [0.1, 0.15) is 17.3 Å². The number of hydrogen-bond donors (Lipinski definition) is 3. The number of hydrogen-bond acceptors (Lipinski definition) is 6. The molecular formula is C12H19N5O3. The summed E-state index contributed by atoms with van der Waals surface area (Å²) < 4.78 is 0. The molecule has 0 aromatic heterocycles. The molecule has 4 N–H and O–H groups in total. The molecule has 1 unspecified atom stereocenters. The summed E-state index contributed by atoms with van der Waals surface area (Å²) in [5, 5.41) is 13.7. The van der Waals surface area contributed by atoms with E-state index in [9.17, 15) is 14.9 Å². The molecule has 1 atom stereocenters. The van der Waals surface area contributed by atoms with E-state index in [1.54, 1.807) is 0 Å². The summed E-state index contributed by atoms with van der Waals surface area (Å²) >= 11 is 0. The molecule has 8 heteroatoms. The molecule has 0 aliphatic heterocycles. The smallest absolute Gasteiger partial charge is 0.282 e. The second-order valence-electron chi connectivity index (χ2n) is 4.77. The third kappa shape index (κ3) is 4.18. The first-order chi connectivity index (χ1) is 9.35. The van der Waals surface area contributed by atoms with E-state index < -0.39 is 10.8 Å². The van der Waals surface area contributed by atoms with Gasteiger partial charge in [-0.25, -0.2) is 0 Å². The molecule has 1 aromatic rings. The highest BCUT2D eigenvalue weighted by Gasteiger charge is 2.21. The van der Waals surface area contributed by atoms with Gasteiger partial charge in [-0.15, -0.1) is 0 Å². The van der Waals surface area contributed by atoms with Crippen LogP contribution in [0.25, 0.3) is 0 Å². The Morgan fingerprint density at radius 3 is 2.65 bits per heavy atom. The Morgan fingerprint density at radius 2 is 2.15 bits per heavy atom. The molecule has 0 radical (unpaired) electrons. The number of nitrogens with two attached hydrogens (primary N) is 1. The van der Waals surface area contributed by atoms with Crippen LogP contribution < -0.4 is 16.6 Å². The third-order valence-corrected chi connectivity index (χ3v) is 2.62. The Labute approximate surface area is 117 Å². The summed E-state index contributed by atoms with van der Waals surface area (Å²) in [6, 6.07) is 3.92. The second kappa shape index (κ2) is 6.83. The third-order valence-electron chi connectivity index (χ3n) is 2.62. The first-order valence-electron chi connectivity index (χ1n) is 6.05. The average molecular weight is 281 g/mol. The highest BCUT2D eigenvalue weighted by atomic mass is 16.6. The Kier molecular flexibility index (Phi) is 5.42. The highest BCUT2D eigenvalue weighted by molar-refractivity contribution is 5.99. The minimum atomic E-state index is -0.591. The highest BCUT2D eigenvalue weighted by Crippen LogP contribution is 2.22. The van der Waals surface area contributed by atoms with Crippen molar-refractivity contribution in [1.29, 1.82) is 0 Å². The summed E-state index contributed by atoms with van der Waals surface area (Å²) in [6.07, 6.45) is 0. The number of anilines is 1. The van der Waals surface area contributed by atoms with Crippen LogP contribution in [-0.4, -0.2) is 42.4 Å². The SMILES string of the molecule is CC(CN(C)C)NC(=O)c1cc(NN)ccc1[N+](=O)[O-]. The molecule has 0 fully saturated rings. The first kappa shape index (κ1) is 15.9. The quantitative estimate of drug-likeness (QED) is 0.399. The number of benzene rings is 1. The number of nitro groups is 1. The molecule has 1 rings (SSSR count). The Hall–Kier alpha value is -2.19. The van der Waals surface area contributed by atoms with E-state index >= 15 is 0 Å². The monoisotopic (exact) mass is 281 g/mol. The predicted molar refractivity (Wildman–Crippen MR) is 76.4 cm³/mol. The van der Waals surface area contributed by atoms with Gasteiger partial charge in [0, 0.05) is 24.3 Å². The summed E-state index contributed by atoms with van der Waals surface area (Å²) in [4.78, 5) is 24.4. The van der Waals surface area contributed by atoms with Gasteiger partial charge in [0.15, 0.2) is 0 Å². The maximum Gasteiger partial charge on any atom is 0.282 e. The fourth-order valence-electron chi connectivity index (χ4n) is 1.86.